The number of aliphatic hydroxyl groups is 1. The summed E-state index contributed by atoms with van der Waals surface area (Å²) >= 11 is 0. The molecular formula is C19H20FNO5. The van der Waals surface area contributed by atoms with Crippen LogP contribution >= 0.6 is 0 Å². The van der Waals surface area contributed by atoms with E-state index in [4.69, 9.17) is 9.15 Å². The highest BCUT2D eigenvalue weighted by Crippen LogP contribution is 2.39. The standard InChI is InChI=1S/C19H20FNO5/c1-10-5-13(22)9-17(26-10)19(24)21-18(12-6-14(23)7-12)11-3-4-16(25-2)15(20)8-11/h3-5,8-9,12,14,18,23H,6-7H2,1-2H3,(H,21,24)/t12?,14?,18-/m1/s1. The maximum atomic E-state index is 14.1. The zero-order valence-electron chi connectivity index (χ0n) is 14.5. The van der Waals surface area contributed by atoms with Crippen LogP contribution in [0.3, 0.4) is 0 Å². The second-order valence-corrected chi connectivity index (χ2v) is 6.50. The molecule has 1 aliphatic rings. The highest BCUT2D eigenvalue weighted by atomic mass is 19.1. The van der Waals surface area contributed by atoms with E-state index in [9.17, 15) is 19.1 Å². The molecular weight excluding hydrogens is 341 g/mol. The minimum atomic E-state index is -0.562. The van der Waals surface area contributed by atoms with Crippen molar-refractivity contribution < 1.29 is 23.4 Å². The molecule has 26 heavy (non-hydrogen) atoms. The number of methoxy groups -OCH3 is 1. The van der Waals surface area contributed by atoms with Crippen molar-refractivity contribution in [3.8, 4) is 5.75 Å². The Morgan fingerprint density at radius 1 is 1.35 bits per heavy atom. The van der Waals surface area contributed by atoms with E-state index in [1.807, 2.05) is 0 Å². The van der Waals surface area contributed by atoms with Gasteiger partial charge in [-0.25, -0.2) is 4.39 Å². The summed E-state index contributed by atoms with van der Waals surface area (Å²) in [6.45, 7) is 1.58. The molecule has 1 aromatic carbocycles. The Kier molecular flexibility index (Phi) is 5.08. The van der Waals surface area contributed by atoms with Crippen LogP contribution in [0.1, 0.15) is 40.8 Å². The number of benzene rings is 1. The van der Waals surface area contributed by atoms with Gasteiger partial charge in [-0.2, -0.15) is 0 Å². The molecule has 7 heteroatoms. The van der Waals surface area contributed by atoms with Crippen LogP contribution in [-0.4, -0.2) is 24.2 Å². The average Bonchev–Trinajstić information content (AvgIpc) is 2.56. The molecule has 3 rings (SSSR count). The predicted octanol–water partition coefficient (Wildman–Crippen LogP) is 2.34. The molecule has 2 aromatic rings. The van der Waals surface area contributed by atoms with Gasteiger partial charge in [0.05, 0.1) is 19.3 Å². The molecule has 0 bridgehead atoms. The number of amides is 1. The van der Waals surface area contributed by atoms with Crippen LogP contribution in [0.2, 0.25) is 0 Å². The molecule has 1 fully saturated rings. The number of ether oxygens (including phenoxy) is 1. The number of hydrogen-bond acceptors (Lipinski definition) is 5. The fraction of sp³-hybridized carbons (Fsp3) is 0.368. The van der Waals surface area contributed by atoms with Gasteiger partial charge in [-0.1, -0.05) is 6.07 Å². The molecule has 1 aromatic heterocycles. The van der Waals surface area contributed by atoms with Crippen LogP contribution in [0, 0.1) is 18.7 Å². The molecule has 1 saturated carbocycles. The van der Waals surface area contributed by atoms with Crippen molar-refractivity contribution in [3.05, 3.63) is 63.5 Å². The smallest absolute Gasteiger partial charge is 0.287 e. The fourth-order valence-corrected chi connectivity index (χ4v) is 3.18. The van der Waals surface area contributed by atoms with E-state index in [2.05, 4.69) is 5.32 Å². The SMILES string of the molecule is COc1ccc([C@@H](NC(=O)c2cc(=O)cc(C)o2)C2CC(O)C2)cc1F. The third kappa shape index (κ3) is 3.77. The number of rotatable bonds is 5. The molecule has 6 nitrogen and oxygen atoms in total. The lowest BCUT2D eigenvalue weighted by Crippen LogP contribution is -2.41. The first-order valence-electron chi connectivity index (χ1n) is 8.31. The molecule has 1 heterocycles. The van der Waals surface area contributed by atoms with Crippen LogP contribution in [0.15, 0.2) is 39.5 Å². The van der Waals surface area contributed by atoms with Crippen LogP contribution < -0.4 is 15.5 Å². The fourth-order valence-electron chi connectivity index (χ4n) is 3.18. The summed E-state index contributed by atoms with van der Waals surface area (Å²) in [6.07, 6.45) is 0.562. The van der Waals surface area contributed by atoms with Crippen molar-refractivity contribution >= 4 is 5.91 Å². The first kappa shape index (κ1) is 18.1. The van der Waals surface area contributed by atoms with Crippen molar-refractivity contribution in [2.75, 3.05) is 7.11 Å². The van der Waals surface area contributed by atoms with Gasteiger partial charge in [-0.3, -0.25) is 9.59 Å². The highest BCUT2D eigenvalue weighted by Gasteiger charge is 2.36. The third-order valence-electron chi connectivity index (χ3n) is 4.56. The molecule has 138 valence electrons. The quantitative estimate of drug-likeness (QED) is 0.853. The van der Waals surface area contributed by atoms with E-state index in [1.54, 1.807) is 13.0 Å². The van der Waals surface area contributed by atoms with Crippen LogP contribution in [-0.2, 0) is 0 Å². The maximum absolute atomic E-state index is 14.1. The molecule has 0 unspecified atom stereocenters. The van der Waals surface area contributed by atoms with Gasteiger partial charge in [0.2, 0.25) is 0 Å². The topological polar surface area (TPSA) is 88.8 Å². The van der Waals surface area contributed by atoms with Gasteiger partial charge < -0.3 is 19.6 Å². The minimum absolute atomic E-state index is 0.0433. The number of aliphatic hydroxyl groups excluding tert-OH is 1. The molecule has 0 spiro atoms. The van der Waals surface area contributed by atoms with Crippen LogP contribution in [0.4, 0.5) is 4.39 Å². The van der Waals surface area contributed by atoms with Gasteiger partial charge in [0.15, 0.2) is 22.8 Å². The first-order chi connectivity index (χ1) is 12.4. The summed E-state index contributed by atoms with van der Waals surface area (Å²) in [4.78, 5) is 24.1. The van der Waals surface area contributed by atoms with E-state index in [0.717, 1.165) is 6.07 Å². The van der Waals surface area contributed by atoms with E-state index in [0.29, 0.717) is 24.2 Å². The number of hydrogen-bond donors (Lipinski definition) is 2. The second-order valence-electron chi connectivity index (χ2n) is 6.50. The van der Waals surface area contributed by atoms with Gasteiger partial charge >= 0.3 is 0 Å². The Morgan fingerprint density at radius 2 is 2.08 bits per heavy atom. The molecule has 0 aliphatic heterocycles. The average molecular weight is 361 g/mol. The van der Waals surface area contributed by atoms with Gasteiger partial charge in [0.1, 0.15) is 5.76 Å². The minimum Gasteiger partial charge on any atom is -0.494 e. The maximum Gasteiger partial charge on any atom is 0.287 e. The summed E-state index contributed by atoms with van der Waals surface area (Å²) in [6, 6.07) is 6.35. The van der Waals surface area contributed by atoms with Gasteiger partial charge in [-0.15, -0.1) is 0 Å². The second kappa shape index (κ2) is 7.29. The number of carbonyl (C=O) groups excluding carboxylic acids is 1. The van der Waals surface area contributed by atoms with Crippen molar-refractivity contribution in [2.24, 2.45) is 5.92 Å². The Morgan fingerprint density at radius 3 is 2.65 bits per heavy atom. The molecule has 1 amide bonds. The van der Waals surface area contributed by atoms with Crippen molar-refractivity contribution in [2.45, 2.75) is 31.9 Å². The van der Waals surface area contributed by atoms with Gasteiger partial charge in [0.25, 0.3) is 5.91 Å². The molecule has 0 saturated heterocycles. The van der Waals surface area contributed by atoms with Crippen molar-refractivity contribution in [3.63, 3.8) is 0 Å². The van der Waals surface area contributed by atoms with Crippen LogP contribution in [0.25, 0.3) is 0 Å². The van der Waals surface area contributed by atoms with E-state index in [1.165, 1.54) is 25.3 Å². The number of carbonyl (C=O) groups is 1. The third-order valence-corrected chi connectivity index (χ3v) is 4.56. The van der Waals surface area contributed by atoms with Crippen LogP contribution in [0.5, 0.6) is 5.75 Å². The van der Waals surface area contributed by atoms with Crippen molar-refractivity contribution in [1.82, 2.24) is 5.32 Å². The Hall–Kier alpha value is -2.67. The number of aryl methyl sites for hydroxylation is 1. The summed E-state index contributed by atoms with van der Waals surface area (Å²) < 4.78 is 24.3. The lowest BCUT2D eigenvalue weighted by Gasteiger charge is -2.38. The van der Waals surface area contributed by atoms with Gasteiger partial charge in [0, 0.05) is 12.1 Å². The monoisotopic (exact) mass is 361 g/mol. The molecule has 1 atom stereocenters. The lowest BCUT2D eigenvalue weighted by atomic mass is 9.75. The zero-order valence-corrected chi connectivity index (χ0v) is 14.5. The van der Waals surface area contributed by atoms with E-state index < -0.39 is 23.9 Å². The highest BCUT2D eigenvalue weighted by molar-refractivity contribution is 5.91. The molecule has 0 radical (unpaired) electrons. The number of nitrogens with one attached hydrogen (secondary N) is 1. The normalized spacial score (nSPS) is 20.2. The Labute approximate surface area is 149 Å². The van der Waals surface area contributed by atoms with Crippen molar-refractivity contribution in [1.29, 1.82) is 0 Å². The summed E-state index contributed by atoms with van der Waals surface area (Å²) in [5, 5.41) is 12.4. The number of halogens is 1. The lowest BCUT2D eigenvalue weighted by molar-refractivity contribution is 0.0231. The Bertz CT molecular complexity index is 872. The first-order valence-corrected chi connectivity index (χ1v) is 8.31. The van der Waals surface area contributed by atoms with E-state index in [-0.39, 0.29) is 22.9 Å². The Balaban J connectivity index is 1.88. The largest absolute Gasteiger partial charge is 0.494 e. The summed E-state index contributed by atoms with van der Waals surface area (Å²) in [5.41, 5.74) is 0.230. The zero-order chi connectivity index (χ0) is 18.8. The van der Waals surface area contributed by atoms with Gasteiger partial charge in [-0.05, 0) is 43.4 Å². The molecule has 1 aliphatic carbocycles. The van der Waals surface area contributed by atoms with E-state index >= 15 is 0 Å². The molecule has 2 N–H and O–H groups in total. The summed E-state index contributed by atoms with van der Waals surface area (Å²) in [7, 11) is 1.37. The summed E-state index contributed by atoms with van der Waals surface area (Å²) in [5.74, 6) is -0.808. The predicted molar refractivity (Wildman–Crippen MR) is 91.6 cm³/mol.